The molecule has 0 amide bonds. The number of carbonyl (C=O) groups excluding carboxylic acids is 1. The van der Waals surface area contributed by atoms with Gasteiger partial charge >= 0.3 is 0 Å². The van der Waals surface area contributed by atoms with Crippen LogP contribution in [0.3, 0.4) is 0 Å². The van der Waals surface area contributed by atoms with Crippen molar-refractivity contribution in [2.24, 2.45) is 0 Å². The molecule has 3 rings (SSSR count). The van der Waals surface area contributed by atoms with Gasteiger partial charge in [0.2, 0.25) is 0 Å². The quantitative estimate of drug-likeness (QED) is 0.666. The van der Waals surface area contributed by atoms with Crippen molar-refractivity contribution >= 4 is 5.78 Å². The Morgan fingerprint density at radius 2 is 1.41 bits per heavy atom. The molecule has 2 heteroatoms. The molecule has 0 aliphatic carbocycles. The van der Waals surface area contributed by atoms with Gasteiger partial charge in [0.15, 0.2) is 5.78 Å². The number of nitrogens with zero attached hydrogens (tertiary/aromatic N) is 1. The van der Waals surface area contributed by atoms with E-state index < -0.39 is 0 Å². The van der Waals surface area contributed by atoms with Gasteiger partial charge in [0.1, 0.15) is 0 Å². The van der Waals surface area contributed by atoms with Crippen molar-refractivity contribution in [1.29, 1.82) is 5.26 Å². The standard InChI is InChI=1S/C20H13NO/c21-14-15-5-4-8-19(13-15)16-9-11-18(12-10-16)20(22)17-6-2-1-3-7-17/h1-13H. The average Bonchev–Trinajstić information content (AvgIpc) is 2.62. The molecule has 0 bridgehead atoms. The Balaban J connectivity index is 1.90. The Morgan fingerprint density at radius 3 is 2.09 bits per heavy atom. The van der Waals surface area contributed by atoms with E-state index in [2.05, 4.69) is 6.07 Å². The van der Waals surface area contributed by atoms with Crippen molar-refractivity contribution in [3.05, 3.63) is 95.6 Å². The van der Waals surface area contributed by atoms with E-state index in [1.807, 2.05) is 72.8 Å². The van der Waals surface area contributed by atoms with Gasteiger partial charge in [-0.3, -0.25) is 4.79 Å². The highest BCUT2D eigenvalue weighted by Crippen LogP contribution is 2.21. The molecule has 0 aliphatic heterocycles. The third kappa shape index (κ3) is 2.79. The van der Waals surface area contributed by atoms with Crippen molar-refractivity contribution in [2.45, 2.75) is 0 Å². The van der Waals surface area contributed by atoms with Crippen LogP contribution >= 0.6 is 0 Å². The van der Waals surface area contributed by atoms with Crippen LogP contribution in [0.25, 0.3) is 11.1 Å². The number of carbonyl (C=O) groups is 1. The van der Waals surface area contributed by atoms with Crippen LogP contribution in [0, 0.1) is 11.3 Å². The molecule has 0 radical (unpaired) electrons. The fourth-order valence-corrected chi connectivity index (χ4v) is 2.34. The Labute approximate surface area is 129 Å². The zero-order chi connectivity index (χ0) is 15.4. The van der Waals surface area contributed by atoms with Crippen molar-refractivity contribution in [2.75, 3.05) is 0 Å². The Hall–Kier alpha value is -3.18. The lowest BCUT2D eigenvalue weighted by molar-refractivity contribution is 0.103. The molecule has 0 aromatic heterocycles. The van der Waals surface area contributed by atoms with Gasteiger partial charge in [0.05, 0.1) is 11.6 Å². The van der Waals surface area contributed by atoms with E-state index in [0.717, 1.165) is 11.1 Å². The topological polar surface area (TPSA) is 40.9 Å². The Bertz CT molecular complexity index is 843. The summed E-state index contributed by atoms with van der Waals surface area (Å²) >= 11 is 0. The SMILES string of the molecule is N#Cc1cccc(-c2ccc(C(=O)c3ccccc3)cc2)c1. The first-order chi connectivity index (χ1) is 10.8. The van der Waals surface area contributed by atoms with Gasteiger partial charge in [-0.25, -0.2) is 0 Å². The van der Waals surface area contributed by atoms with Crippen LogP contribution in [-0.4, -0.2) is 5.78 Å². The maximum atomic E-state index is 12.4. The molecule has 0 spiro atoms. The van der Waals surface area contributed by atoms with Crippen LogP contribution in [-0.2, 0) is 0 Å². The number of nitriles is 1. The van der Waals surface area contributed by atoms with Gasteiger partial charge in [0.25, 0.3) is 0 Å². The van der Waals surface area contributed by atoms with Gasteiger partial charge in [-0.05, 0) is 23.3 Å². The second-order valence-electron chi connectivity index (χ2n) is 4.97. The third-order valence-electron chi connectivity index (χ3n) is 3.51. The van der Waals surface area contributed by atoms with E-state index in [4.69, 9.17) is 5.26 Å². The van der Waals surface area contributed by atoms with Gasteiger partial charge < -0.3 is 0 Å². The summed E-state index contributed by atoms with van der Waals surface area (Å²) in [6.45, 7) is 0. The molecule has 104 valence electrons. The lowest BCUT2D eigenvalue weighted by Crippen LogP contribution is -2.00. The first-order valence-corrected chi connectivity index (χ1v) is 6.98. The molecule has 22 heavy (non-hydrogen) atoms. The monoisotopic (exact) mass is 283 g/mol. The molecule has 3 aromatic carbocycles. The summed E-state index contributed by atoms with van der Waals surface area (Å²) < 4.78 is 0. The predicted molar refractivity (Wildman–Crippen MR) is 86.5 cm³/mol. The zero-order valence-corrected chi connectivity index (χ0v) is 11.9. The molecule has 0 atom stereocenters. The van der Waals surface area contributed by atoms with E-state index in [9.17, 15) is 4.79 Å². The van der Waals surface area contributed by atoms with Crippen LogP contribution in [0.5, 0.6) is 0 Å². The lowest BCUT2D eigenvalue weighted by atomic mass is 9.99. The smallest absolute Gasteiger partial charge is 0.193 e. The summed E-state index contributed by atoms with van der Waals surface area (Å²) in [7, 11) is 0. The van der Waals surface area contributed by atoms with Crippen molar-refractivity contribution in [1.82, 2.24) is 0 Å². The molecule has 0 unspecified atom stereocenters. The summed E-state index contributed by atoms with van der Waals surface area (Å²) in [5.41, 5.74) is 3.93. The maximum absolute atomic E-state index is 12.4. The predicted octanol–water partition coefficient (Wildman–Crippen LogP) is 4.46. The highest BCUT2D eigenvalue weighted by Gasteiger charge is 2.08. The molecule has 0 saturated heterocycles. The Kier molecular flexibility index (Phi) is 3.80. The molecule has 3 aromatic rings. The summed E-state index contributed by atoms with van der Waals surface area (Å²) in [5.74, 6) is 0.0120. The van der Waals surface area contributed by atoms with E-state index in [1.165, 1.54) is 0 Å². The number of hydrogen-bond donors (Lipinski definition) is 0. The number of hydrogen-bond acceptors (Lipinski definition) is 2. The summed E-state index contributed by atoms with van der Waals surface area (Å²) in [6, 6.07) is 26.3. The van der Waals surface area contributed by atoms with Gasteiger partial charge in [-0.15, -0.1) is 0 Å². The molecule has 2 nitrogen and oxygen atoms in total. The summed E-state index contributed by atoms with van der Waals surface area (Å²) in [6.07, 6.45) is 0. The molecule has 0 N–H and O–H groups in total. The Morgan fingerprint density at radius 1 is 0.727 bits per heavy atom. The molecular formula is C20H13NO. The fraction of sp³-hybridized carbons (Fsp3) is 0. The number of benzene rings is 3. The van der Waals surface area contributed by atoms with Crippen LogP contribution in [0.1, 0.15) is 21.5 Å². The second-order valence-corrected chi connectivity index (χ2v) is 4.97. The van der Waals surface area contributed by atoms with Gasteiger partial charge in [-0.2, -0.15) is 5.26 Å². The number of rotatable bonds is 3. The van der Waals surface area contributed by atoms with Crippen LogP contribution in [0.15, 0.2) is 78.9 Å². The first kappa shape index (κ1) is 13.8. The highest BCUT2D eigenvalue weighted by atomic mass is 16.1. The van der Waals surface area contributed by atoms with Gasteiger partial charge in [0, 0.05) is 11.1 Å². The van der Waals surface area contributed by atoms with Crippen LogP contribution in [0.2, 0.25) is 0 Å². The summed E-state index contributed by atoms with van der Waals surface area (Å²) in [5, 5.41) is 8.96. The molecule has 0 heterocycles. The molecular weight excluding hydrogens is 270 g/mol. The molecule has 0 saturated carbocycles. The fourth-order valence-electron chi connectivity index (χ4n) is 2.34. The minimum absolute atomic E-state index is 0.0120. The second kappa shape index (κ2) is 6.07. The van der Waals surface area contributed by atoms with Crippen LogP contribution < -0.4 is 0 Å². The van der Waals surface area contributed by atoms with Gasteiger partial charge in [-0.1, -0.05) is 66.7 Å². The zero-order valence-electron chi connectivity index (χ0n) is 11.9. The van der Waals surface area contributed by atoms with E-state index in [-0.39, 0.29) is 5.78 Å². The minimum Gasteiger partial charge on any atom is -0.289 e. The van der Waals surface area contributed by atoms with Crippen LogP contribution in [0.4, 0.5) is 0 Å². The summed E-state index contributed by atoms with van der Waals surface area (Å²) in [4.78, 5) is 12.4. The molecule has 0 fully saturated rings. The van der Waals surface area contributed by atoms with E-state index >= 15 is 0 Å². The largest absolute Gasteiger partial charge is 0.289 e. The maximum Gasteiger partial charge on any atom is 0.193 e. The van der Waals surface area contributed by atoms with Crippen molar-refractivity contribution in [3.8, 4) is 17.2 Å². The average molecular weight is 283 g/mol. The van der Waals surface area contributed by atoms with Crippen molar-refractivity contribution < 1.29 is 4.79 Å². The highest BCUT2D eigenvalue weighted by molar-refractivity contribution is 6.09. The molecule has 0 aliphatic rings. The van der Waals surface area contributed by atoms with E-state index in [1.54, 1.807) is 6.07 Å². The van der Waals surface area contributed by atoms with Crippen molar-refractivity contribution in [3.63, 3.8) is 0 Å². The minimum atomic E-state index is 0.0120. The first-order valence-electron chi connectivity index (χ1n) is 6.98. The number of ketones is 1. The lowest BCUT2D eigenvalue weighted by Gasteiger charge is -2.05. The normalized spacial score (nSPS) is 9.95. The van der Waals surface area contributed by atoms with E-state index in [0.29, 0.717) is 16.7 Å². The third-order valence-corrected chi connectivity index (χ3v) is 3.51.